The predicted octanol–water partition coefficient (Wildman–Crippen LogP) is 5.45. The topological polar surface area (TPSA) is 79.0 Å². The first-order valence-electron chi connectivity index (χ1n) is 9.80. The van der Waals surface area contributed by atoms with Crippen molar-refractivity contribution in [2.75, 3.05) is 13.1 Å². The van der Waals surface area contributed by atoms with Gasteiger partial charge in [0, 0.05) is 24.0 Å². The average molecular weight is 473 g/mol. The fourth-order valence-electron chi connectivity index (χ4n) is 3.25. The van der Waals surface area contributed by atoms with Crippen LogP contribution in [-0.2, 0) is 10.0 Å². The van der Waals surface area contributed by atoms with Crippen LogP contribution < -0.4 is 0 Å². The Bertz CT molecular complexity index is 1340. The van der Waals surface area contributed by atoms with Crippen molar-refractivity contribution in [3.05, 3.63) is 64.7 Å². The molecule has 1 N–H and O–H groups in total. The number of H-pyrrole nitrogens is 1. The molecule has 31 heavy (non-hydrogen) atoms. The van der Waals surface area contributed by atoms with Crippen LogP contribution >= 0.6 is 22.9 Å². The molecule has 4 rings (SSSR count). The first-order valence-corrected chi connectivity index (χ1v) is 12.5. The monoisotopic (exact) mass is 472 g/mol. The minimum atomic E-state index is -3.55. The second kappa shape index (κ2) is 8.92. The van der Waals surface area contributed by atoms with Crippen molar-refractivity contribution in [3.63, 3.8) is 0 Å². The standard InChI is InChI=1S/C22H21ClN4O2S2/c1-3-27(4-2)31(28,29)16-10-11-18-19(12-16)26-22(25-18)17(23)13-21-24-20(14-30-21)15-8-6-5-7-9-15/h5-14H,3-4H2,1-2H3,(H,25,26)/b17-13-. The molecule has 0 aliphatic heterocycles. The third-order valence-electron chi connectivity index (χ3n) is 4.86. The highest BCUT2D eigenvalue weighted by Crippen LogP contribution is 2.28. The second-order valence-electron chi connectivity index (χ2n) is 6.78. The van der Waals surface area contributed by atoms with Gasteiger partial charge in [-0.2, -0.15) is 4.31 Å². The second-order valence-corrected chi connectivity index (χ2v) is 10.0. The molecule has 0 radical (unpaired) electrons. The Kier molecular flexibility index (Phi) is 6.24. The highest BCUT2D eigenvalue weighted by Gasteiger charge is 2.22. The lowest BCUT2D eigenvalue weighted by Gasteiger charge is -2.18. The van der Waals surface area contributed by atoms with Crippen LogP contribution in [0.25, 0.3) is 33.4 Å². The first kappa shape index (κ1) is 21.7. The van der Waals surface area contributed by atoms with Crippen molar-refractivity contribution in [1.82, 2.24) is 19.3 Å². The molecule has 9 heteroatoms. The summed E-state index contributed by atoms with van der Waals surface area (Å²) in [6.07, 6.45) is 1.75. The number of sulfonamides is 1. The lowest BCUT2D eigenvalue weighted by Crippen LogP contribution is -2.30. The Balaban J connectivity index is 1.64. The normalized spacial score (nSPS) is 12.7. The summed E-state index contributed by atoms with van der Waals surface area (Å²) in [7, 11) is -3.55. The van der Waals surface area contributed by atoms with Crippen molar-refractivity contribution >= 4 is 55.1 Å². The van der Waals surface area contributed by atoms with Gasteiger partial charge >= 0.3 is 0 Å². The summed E-state index contributed by atoms with van der Waals surface area (Å²) >= 11 is 7.99. The van der Waals surface area contributed by atoms with E-state index in [1.807, 2.05) is 49.6 Å². The van der Waals surface area contributed by atoms with E-state index in [1.54, 1.807) is 24.3 Å². The largest absolute Gasteiger partial charge is 0.337 e. The number of rotatable bonds is 7. The maximum Gasteiger partial charge on any atom is 0.243 e. The molecule has 0 saturated carbocycles. The van der Waals surface area contributed by atoms with Crippen LogP contribution in [-0.4, -0.2) is 40.8 Å². The molecule has 4 aromatic rings. The third-order valence-corrected chi connectivity index (χ3v) is 7.99. The van der Waals surface area contributed by atoms with Gasteiger partial charge in [0.1, 0.15) is 10.8 Å². The summed E-state index contributed by atoms with van der Waals surface area (Å²) in [5.74, 6) is 0.463. The smallest absolute Gasteiger partial charge is 0.243 e. The van der Waals surface area contributed by atoms with E-state index >= 15 is 0 Å². The summed E-state index contributed by atoms with van der Waals surface area (Å²) in [6, 6.07) is 14.8. The fourth-order valence-corrected chi connectivity index (χ4v) is 5.75. The molecule has 2 heterocycles. The number of aromatic amines is 1. The molecule has 2 aromatic carbocycles. The molecule has 0 bridgehead atoms. The molecular formula is C22H21ClN4O2S2. The van der Waals surface area contributed by atoms with Crippen molar-refractivity contribution < 1.29 is 8.42 Å². The highest BCUT2D eigenvalue weighted by molar-refractivity contribution is 7.89. The minimum Gasteiger partial charge on any atom is -0.337 e. The zero-order chi connectivity index (χ0) is 22.0. The molecule has 160 valence electrons. The number of halogens is 1. The van der Waals surface area contributed by atoms with Gasteiger partial charge in [-0.05, 0) is 24.3 Å². The Morgan fingerprint density at radius 3 is 2.58 bits per heavy atom. The van der Waals surface area contributed by atoms with Crippen LogP contribution in [0.3, 0.4) is 0 Å². The van der Waals surface area contributed by atoms with Gasteiger partial charge in [-0.15, -0.1) is 11.3 Å². The number of fused-ring (bicyclic) bond motifs is 1. The lowest BCUT2D eigenvalue weighted by molar-refractivity contribution is 0.445. The van der Waals surface area contributed by atoms with Crippen LogP contribution in [0.5, 0.6) is 0 Å². The summed E-state index contributed by atoms with van der Waals surface area (Å²) in [5.41, 5.74) is 3.18. The molecule has 0 unspecified atom stereocenters. The van der Waals surface area contributed by atoms with Crippen molar-refractivity contribution in [2.45, 2.75) is 18.7 Å². The van der Waals surface area contributed by atoms with Gasteiger partial charge in [0.2, 0.25) is 10.0 Å². The maximum absolute atomic E-state index is 12.8. The van der Waals surface area contributed by atoms with Crippen LogP contribution in [0.4, 0.5) is 0 Å². The number of hydrogen-bond acceptors (Lipinski definition) is 5. The molecule has 0 aliphatic rings. The Morgan fingerprint density at radius 2 is 1.87 bits per heavy atom. The van der Waals surface area contributed by atoms with Crippen molar-refractivity contribution in [3.8, 4) is 11.3 Å². The van der Waals surface area contributed by atoms with Crippen LogP contribution in [0.1, 0.15) is 24.7 Å². The Morgan fingerprint density at radius 1 is 1.13 bits per heavy atom. The van der Waals surface area contributed by atoms with Gasteiger partial charge in [-0.3, -0.25) is 0 Å². The zero-order valence-corrected chi connectivity index (χ0v) is 19.4. The van der Waals surface area contributed by atoms with Crippen molar-refractivity contribution in [2.24, 2.45) is 0 Å². The van der Waals surface area contributed by atoms with Gasteiger partial charge in [0.15, 0.2) is 0 Å². The molecular weight excluding hydrogens is 452 g/mol. The average Bonchev–Trinajstić information content (AvgIpc) is 3.41. The van der Waals surface area contributed by atoms with E-state index in [-0.39, 0.29) is 4.90 Å². The van der Waals surface area contributed by atoms with E-state index in [9.17, 15) is 8.42 Å². The first-order chi connectivity index (χ1) is 14.9. The number of imidazole rings is 1. The Hall–Kier alpha value is -2.52. The summed E-state index contributed by atoms with van der Waals surface area (Å²) in [4.78, 5) is 12.5. The van der Waals surface area contributed by atoms with Gasteiger partial charge in [-0.25, -0.2) is 18.4 Å². The van der Waals surface area contributed by atoms with E-state index < -0.39 is 10.0 Å². The van der Waals surface area contributed by atoms with Crippen molar-refractivity contribution in [1.29, 1.82) is 0 Å². The molecule has 6 nitrogen and oxygen atoms in total. The lowest BCUT2D eigenvalue weighted by atomic mass is 10.2. The number of hydrogen-bond donors (Lipinski definition) is 1. The van der Waals surface area contributed by atoms with Gasteiger partial charge in [-0.1, -0.05) is 55.8 Å². The third kappa shape index (κ3) is 4.43. The molecule has 0 aliphatic carbocycles. The summed E-state index contributed by atoms with van der Waals surface area (Å²) in [6.45, 7) is 4.47. The van der Waals surface area contributed by atoms with Crippen LogP contribution in [0, 0.1) is 0 Å². The number of aromatic nitrogens is 3. The molecule has 0 saturated heterocycles. The predicted molar refractivity (Wildman–Crippen MR) is 127 cm³/mol. The van der Waals surface area contributed by atoms with E-state index in [0.717, 1.165) is 16.3 Å². The number of nitrogens with one attached hydrogen (secondary N) is 1. The quantitative estimate of drug-likeness (QED) is 0.387. The number of nitrogens with zero attached hydrogens (tertiary/aromatic N) is 3. The molecule has 0 spiro atoms. The van der Waals surface area contributed by atoms with Gasteiger partial charge in [0.05, 0.1) is 26.7 Å². The SMILES string of the molecule is CCN(CC)S(=O)(=O)c1ccc2nc(/C(Cl)=C/c3nc(-c4ccccc4)cs3)[nH]c2c1. The molecule has 0 atom stereocenters. The molecule has 0 amide bonds. The number of benzene rings is 2. The number of thiazole rings is 1. The van der Waals surface area contributed by atoms with Gasteiger partial charge < -0.3 is 4.98 Å². The maximum atomic E-state index is 12.8. The highest BCUT2D eigenvalue weighted by atomic mass is 35.5. The van der Waals surface area contributed by atoms with Crippen LogP contribution in [0.15, 0.2) is 58.8 Å². The van der Waals surface area contributed by atoms with E-state index in [1.165, 1.54) is 15.6 Å². The molecule has 2 aromatic heterocycles. The summed E-state index contributed by atoms with van der Waals surface area (Å²) in [5, 5.41) is 3.14. The minimum absolute atomic E-state index is 0.228. The Labute approximate surface area is 190 Å². The fraction of sp³-hybridized carbons (Fsp3) is 0.182. The van der Waals surface area contributed by atoms with E-state index in [4.69, 9.17) is 11.6 Å². The van der Waals surface area contributed by atoms with Gasteiger partial charge in [0.25, 0.3) is 0 Å². The van der Waals surface area contributed by atoms with E-state index in [2.05, 4.69) is 15.0 Å². The van der Waals surface area contributed by atoms with Crippen LogP contribution in [0.2, 0.25) is 0 Å². The summed E-state index contributed by atoms with van der Waals surface area (Å²) < 4.78 is 27.0. The van der Waals surface area contributed by atoms with E-state index in [0.29, 0.717) is 35.0 Å². The molecule has 0 fully saturated rings. The zero-order valence-electron chi connectivity index (χ0n) is 17.0.